The van der Waals surface area contributed by atoms with Crippen LogP contribution in [0.5, 0.6) is 0 Å². The van der Waals surface area contributed by atoms with Gasteiger partial charge in [0.1, 0.15) is 17.6 Å². The number of esters is 1. The number of rotatable bonds is 3. The molecule has 174 valence electrons. The van der Waals surface area contributed by atoms with Crippen molar-refractivity contribution >= 4 is 23.4 Å². The fraction of sp³-hybridized carbons (Fsp3) is 0.480. The smallest absolute Gasteiger partial charge is 0.312 e. The zero-order valence-corrected chi connectivity index (χ0v) is 19.9. The number of imidazole rings is 1. The van der Waals surface area contributed by atoms with Crippen molar-refractivity contribution in [3.05, 3.63) is 53.1 Å². The van der Waals surface area contributed by atoms with Gasteiger partial charge in [0.05, 0.1) is 23.0 Å². The molecule has 33 heavy (non-hydrogen) atoms. The Morgan fingerprint density at radius 2 is 1.85 bits per heavy atom. The van der Waals surface area contributed by atoms with Crippen molar-refractivity contribution in [1.29, 1.82) is 0 Å². The van der Waals surface area contributed by atoms with Crippen molar-refractivity contribution in [2.24, 2.45) is 29.3 Å². The lowest BCUT2D eigenvalue weighted by molar-refractivity contribution is -0.166. The van der Waals surface area contributed by atoms with Gasteiger partial charge >= 0.3 is 5.97 Å². The highest BCUT2D eigenvalue weighted by atomic mass is 16.5. The van der Waals surface area contributed by atoms with Crippen LogP contribution >= 0.6 is 0 Å². The number of carbonyl (C=O) groups excluding carboxylic acids is 3. The first-order valence-corrected chi connectivity index (χ1v) is 11.2. The summed E-state index contributed by atoms with van der Waals surface area (Å²) in [5, 5.41) is 2.68. The van der Waals surface area contributed by atoms with E-state index in [1.807, 2.05) is 48.9 Å². The van der Waals surface area contributed by atoms with Crippen molar-refractivity contribution in [1.82, 2.24) is 14.9 Å². The summed E-state index contributed by atoms with van der Waals surface area (Å²) in [6, 6.07) is 8.62. The number of hydrogen-bond donors (Lipinski definition) is 1. The second-order valence-electron chi connectivity index (χ2n) is 9.76. The van der Waals surface area contributed by atoms with Gasteiger partial charge in [-0.05, 0) is 33.3 Å². The molecule has 2 aliphatic rings. The Bertz CT molecular complexity index is 1140. The molecule has 2 aromatic rings. The average Bonchev–Trinajstić information content (AvgIpc) is 3.07. The Kier molecular flexibility index (Phi) is 5.72. The number of benzene rings is 1. The number of hydrogen-bond acceptors (Lipinski definition) is 6. The summed E-state index contributed by atoms with van der Waals surface area (Å²) in [5.41, 5.74) is 2.00. The quantitative estimate of drug-likeness (QED) is 0.723. The Morgan fingerprint density at radius 3 is 2.45 bits per heavy atom. The van der Waals surface area contributed by atoms with E-state index in [1.165, 1.54) is 0 Å². The molecule has 4 rings (SSSR count). The van der Waals surface area contributed by atoms with Crippen LogP contribution in [0.15, 0.2) is 35.3 Å². The topological polar surface area (TPSA) is 103 Å². The minimum atomic E-state index is -1.12. The van der Waals surface area contributed by atoms with Gasteiger partial charge < -0.3 is 14.6 Å². The van der Waals surface area contributed by atoms with Crippen molar-refractivity contribution in [2.75, 3.05) is 7.05 Å². The van der Waals surface area contributed by atoms with Gasteiger partial charge in [-0.25, -0.2) is 4.98 Å². The molecule has 1 aliphatic heterocycles. The van der Waals surface area contributed by atoms with E-state index in [0.29, 0.717) is 17.8 Å². The summed E-state index contributed by atoms with van der Waals surface area (Å²) >= 11 is 0. The molecule has 1 aliphatic carbocycles. The molecule has 0 saturated heterocycles. The molecule has 4 atom stereocenters. The molecule has 0 fully saturated rings. The largest absolute Gasteiger partial charge is 0.451 e. The minimum Gasteiger partial charge on any atom is -0.451 e. The molecule has 0 spiro atoms. The van der Waals surface area contributed by atoms with E-state index < -0.39 is 35.4 Å². The van der Waals surface area contributed by atoms with Crippen LogP contribution in [0.1, 0.15) is 49.6 Å². The minimum absolute atomic E-state index is 0.246. The van der Waals surface area contributed by atoms with E-state index in [-0.39, 0.29) is 11.7 Å². The maximum Gasteiger partial charge on any atom is 0.312 e. The molecule has 1 aromatic carbocycles. The highest BCUT2D eigenvalue weighted by molar-refractivity contribution is 6.19. The molecule has 0 bridgehead atoms. The SMILES string of the molecule is CNC(=O)C1Cc2c(nc(C)n2C)C2=N[C@H](c3ccccc3)[C@@H](OC(=O)C(C)(C)C)C(=O)C21. The van der Waals surface area contributed by atoms with Gasteiger partial charge in [0.25, 0.3) is 0 Å². The van der Waals surface area contributed by atoms with Crippen molar-refractivity contribution in [2.45, 2.75) is 46.3 Å². The first-order valence-electron chi connectivity index (χ1n) is 11.2. The second-order valence-corrected chi connectivity index (χ2v) is 9.76. The maximum atomic E-state index is 14.0. The van der Waals surface area contributed by atoms with Gasteiger partial charge in [-0.2, -0.15) is 0 Å². The third-order valence-corrected chi connectivity index (χ3v) is 6.51. The van der Waals surface area contributed by atoms with Gasteiger partial charge in [-0.1, -0.05) is 30.3 Å². The van der Waals surface area contributed by atoms with Crippen LogP contribution in [-0.2, 0) is 32.6 Å². The van der Waals surface area contributed by atoms with Gasteiger partial charge in [-0.15, -0.1) is 0 Å². The number of fused-ring (bicyclic) bond motifs is 3. The fourth-order valence-electron chi connectivity index (χ4n) is 4.53. The first-order chi connectivity index (χ1) is 15.5. The summed E-state index contributed by atoms with van der Waals surface area (Å²) in [4.78, 5) is 49.3. The lowest BCUT2D eigenvalue weighted by Gasteiger charge is -2.39. The lowest BCUT2D eigenvalue weighted by Crippen LogP contribution is -2.53. The van der Waals surface area contributed by atoms with Crippen molar-refractivity contribution in [3.63, 3.8) is 0 Å². The van der Waals surface area contributed by atoms with Gasteiger partial charge in [0, 0.05) is 26.2 Å². The second kappa shape index (κ2) is 8.24. The molecule has 2 unspecified atom stereocenters. The van der Waals surface area contributed by atoms with Crippen molar-refractivity contribution in [3.8, 4) is 0 Å². The number of nitrogens with one attached hydrogen (secondary N) is 1. The number of nitrogens with zero attached hydrogens (tertiary/aromatic N) is 3. The predicted octanol–water partition coefficient (Wildman–Crippen LogP) is 2.33. The Hall–Kier alpha value is -3.29. The molecule has 8 nitrogen and oxygen atoms in total. The van der Waals surface area contributed by atoms with E-state index in [0.717, 1.165) is 17.1 Å². The van der Waals surface area contributed by atoms with Crippen LogP contribution in [0.25, 0.3) is 0 Å². The molecule has 1 N–H and O–H groups in total. The number of ketones is 1. The summed E-state index contributed by atoms with van der Waals surface area (Å²) in [6.45, 7) is 7.11. The monoisotopic (exact) mass is 450 g/mol. The summed E-state index contributed by atoms with van der Waals surface area (Å²) in [7, 11) is 3.45. The third kappa shape index (κ3) is 3.87. The summed E-state index contributed by atoms with van der Waals surface area (Å²) < 4.78 is 7.75. The van der Waals surface area contributed by atoms with Crippen LogP contribution < -0.4 is 5.32 Å². The van der Waals surface area contributed by atoms with E-state index in [2.05, 4.69) is 10.3 Å². The average molecular weight is 451 g/mol. The van der Waals surface area contributed by atoms with Crippen LogP contribution in [0.3, 0.4) is 0 Å². The van der Waals surface area contributed by atoms with Crippen LogP contribution in [0, 0.1) is 24.2 Å². The zero-order valence-electron chi connectivity index (χ0n) is 19.9. The lowest BCUT2D eigenvalue weighted by atomic mass is 9.71. The molecule has 1 aromatic heterocycles. The predicted molar refractivity (Wildman–Crippen MR) is 123 cm³/mol. The van der Waals surface area contributed by atoms with E-state index in [1.54, 1.807) is 27.8 Å². The standard InChI is InChI=1S/C25H30N4O4/c1-13-27-19-16(29(13)6)12-15(23(31)26-5)17-20(19)28-18(14-10-8-7-9-11-14)22(21(17)30)33-24(32)25(2,3)4/h7-11,15,17-18,22H,12H2,1-6H3,(H,26,31)/t15?,17?,18-,22-/m1/s1. The number of amides is 1. The number of ether oxygens (including phenoxy) is 1. The Labute approximate surface area is 193 Å². The van der Waals surface area contributed by atoms with Gasteiger partial charge in [-0.3, -0.25) is 19.4 Å². The van der Waals surface area contributed by atoms with Gasteiger partial charge in [0.15, 0.2) is 11.9 Å². The normalized spacial score (nSPS) is 24.4. The van der Waals surface area contributed by atoms with E-state index in [9.17, 15) is 14.4 Å². The number of carbonyl (C=O) groups is 3. The molecule has 2 heterocycles. The number of aromatic nitrogens is 2. The Morgan fingerprint density at radius 1 is 1.18 bits per heavy atom. The number of aliphatic imine (C=N–C) groups is 1. The molecule has 0 radical (unpaired) electrons. The molecule has 8 heteroatoms. The molecular weight excluding hydrogens is 420 g/mol. The van der Waals surface area contributed by atoms with Crippen LogP contribution in [-0.4, -0.2) is 46.1 Å². The Balaban J connectivity index is 1.91. The third-order valence-electron chi connectivity index (χ3n) is 6.51. The fourth-order valence-corrected chi connectivity index (χ4v) is 4.53. The number of aryl methyl sites for hydroxylation is 1. The zero-order chi connectivity index (χ0) is 24.1. The van der Waals surface area contributed by atoms with Crippen molar-refractivity contribution < 1.29 is 19.1 Å². The highest BCUT2D eigenvalue weighted by Crippen LogP contribution is 2.41. The van der Waals surface area contributed by atoms with E-state index >= 15 is 0 Å². The summed E-state index contributed by atoms with van der Waals surface area (Å²) in [5.74, 6) is -1.75. The molecular formula is C25H30N4O4. The highest BCUT2D eigenvalue weighted by Gasteiger charge is 2.52. The van der Waals surface area contributed by atoms with Gasteiger partial charge in [0.2, 0.25) is 5.91 Å². The number of Topliss-reactive ketones (excluding diaryl/α,β-unsaturated/α-hetero) is 1. The molecule has 1 amide bonds. The first kappa shape index (κ1) is 22.9. The van der Waals surface area contributed by atoms with Crippen LogP contribution in [0.2, 0.25) is 0 Å². The maximum absolute atomic E-state index is 14.0. The summed E-state index contributed by atoms with van der Waals surface area (Å²) in [6.07, 6.45) is -0.760. The van der Waals surface area contributed by atoms with E-state index in [4.69, 9.17) is 9.73 Å². The van der Waals surface area contributed by atoms with Crippen LogP contribution in [0.4, 0.5) is 0 Å². The molecule has 0 saturated carbocycles.